The number of hydrogen-bond donors (Lipinski definition) is 1. The van der Waals surface area contributed by atoms with Crippen molar-refractivity contribution in [3.63, 3.8) is 0 Å². The van der Waals surface area contributed by atoms with Gasteiger partial charge in [0, 0.05) is 15.4 Å². The number of carbonyl (C=O) groups excluding carboxylic acids is 1. The molecule has 2 N–H and O–H groups in total. The lowest BCUT2D eigenvalue weighted by Gasteiger charge is -2.13. The molecule has 1 aromatic carbocycles. The van der Waals surface area contributed by atoms with Crippen molar-refractivity contribution in [1.82, 2.24) is 4.31 Å². The molecule has 5 nitrogen and oxygen atoms in total. The van der Waals surface area contributed by atoms with E-state index in [2.05, 4.69) is 0 Å². The second-order valence-electron chi connectivity index (χ2n) is 4.79. The highest BCUT2D eigenvalue weighted by Gasteiger charge is 2.41. The molecule has 0 radical (unpaired) electrons. The highest BCUT2D eigenvalue weighted by molar-refractivity contribution is 7.90. The number of sulfonamides is 1. The third kappa shape index (κ3) is 2.22. The molecule has 0 unspecified atom stereocenters. The summed E-state index contributed by atoms with van der Waals surface area (Å²) in [6.07, 6.45) is 0.891. The van der Waals surface area contributed by atoms with Crippen molar-refractivity contribution in [2.75, 3.05) is 5.73 Å². The topological polar surface area (TPSA) is 80.5 Å². The van der Waals surface area contributed by atoms with Crippen molar-refractivity contribution >= 4 is 33.0 Å². The molecule has 0 saturated heterocycles. The van der Waals surface area contributed by atoms with Crippen LogP contribution in [0.2, 0.25) is 0 Å². The SMILES string of the molecule is CCc1ccc(CN2C(=O)c3cc(N)ccc3S2(=O)=O)s1. The van der Waals surface area contributed by atoms with Crippen LogP contribution < -0.4 is 5.73 Å². The molecule has 1 aliphatic rings. The highest BCUT2D eigenvalue weighted by atomic mass is 32.2. The minimum Gasteiger partial charge on any atom is -0.399 e. The maximum Gasteiger partial charge on any atom is 0.269 e. The van der Waals surface area contributed by atoms with Crippen LogP contribution in [-0.2, 0) is 23.0 Å². The number of benzene rings is 1. The van der Waals surface area contributed by atoms with E-state index in [4.69, 9.17) is 5.73 Å². The Bertz CT molecular complexity index is 824. The van der Waals surface area contributed by atoms with E-state index in [1.165, 1.54) is 29.5 Å². The molecule has 7 heteroatoms. The van der Waals surface area contributed by atoms with Crippen LogP contribution in [0, 0.1) is 0 Å². The Labute approximate surface area is 127 Å². The first-order valence-electron chi connectivity index (χ1n) is 6.47. The average Bonchev–Trinajstić information content (AvgIpc) is 2.97. The Morgan fingerprint density at radius 2 is 1.90 bits per heavy atom. The molecule has 21 heavy (non-hydrogen) atoms. The zero-order chi connectivity index (χ0) is 15.2. The maximum absolute atomic E-state index is 12.5. The Balaban J connectivity index is 1.99. The van der Waals surface area contributed by atoms with E-state index in [1.54, 1.807) is 0 Å². The number of carbonyl (C=O) groups is 1. The van der Waals surface area contributed by atoms with Crippen molar-refractivity contribution in [2.45, 2.75) is 24.8 Å². The largest absolute Gasteiger partial charge is 0.399 e. The van der Waals surface area contributed by atoms with Gasteiger partial charge in [-0.05, 0) is 36.8 Å². The Morgan fingerprint density at radius 1 is 1.19 bits per heavy atom. The molecule has 0 atom stereocenters. The summed E-state index contributed by atoms with van der Waals surface area (Å²) in [5.41, 5.74) is 6.17. The standard InChI is InChI=1S/C14H14N2O3S2/c1-2-10-4-5-11(20-10)8-16-14(17)12-7-9(15)3-6-13(12)21(16,18)19/h3-7H,2,8,15H2,1H3. The van der Waals surface area contributed by atoms with Crippen LogP contribution in [0.15, 0.2) is 35.2 Å². The van der Waals surface area contributed by atoms with Crippen LogP contribution in [0.1, 0.15) is 27.0 Å². The number of fused-ring (bicyclic) bond motifs is 1. The van der Waals surface area contributed by atoms with Gasteiger partial charge in [0.15, 0.2) is 0 Å². The zero-order valence-electron chi connectivity index (χ0n) is 11.4. The molecule has 1 aliphatic heterocycles. The number of aryl methyl sites for hydroxylation is 1. The van der Waals surface area contributed by atoms with E-state index >= 15 is 0 Å². The van der Waals surface area contributed by atoms with Crippen LogP contribution in [0.3, 0.4) is 0 Å². The van der Waals surface area contributed by atoms with Crippen LogP contribution in [0.4, 0.5) is 5.69 Å². The van der Waals surface area contributed by atoms with Crippen molar-refractivity contribution in [3.8, 4) is 0 Å². The summed E-state index contributed by atoms with van der Waals surface area (Å²) in [6.45, 7) is 2.10. The monoisotopic (exact) mass is 322 g/mol. The fraction of sp³-hybridized carbons (Fsp3) is 0.214. The number of anilines is 1. The van der Waals surface area contributed by atoms with Gasteiger partial charge in [0.25, 0.3) is 15.9 Å². The first kappa shape index (κ1) is 14.1. The molecule has 1 aromatic heterocycles. The highest BCUT2D eigenvalue weighted by Crippen LogP contribution is 2.33. The number of nitrogens with zero attached hydrogens (tertiary/aromatic N) is 1. The van der Waals surface area contributed by atoms with E-state index in [0.29, 0.717) is 5.69 Å². The Kier molecular flexibility index (Phi) is 3.26. The van der Waals surface area contributed by atoms with Crippen LogP contribution in [-0.4, -0.2) is 18.6 Å². The summed E-state index contributed by atoms with van der Waals surface area (Å²) >= 11 is 1.52. The second kappa shape index (κ2) is 4.85. The third-order valence-electron chi connectivity index (χ3n) is 3.39. The molecule has 1 amide bonds. The van der Waals surface area contributed by atoms with E-state index in [1.807, 2.05) is 19.1 Å². The first-order valence-corrected chi connectivity index (χ1v) is 8.73. The molecular formula is C14H14N2O3S2. The van der Waals surface area contributed by atoms with Crippen LogP contribution >= 0.6 is 11.3 Å². The molecule has 0 fully saturated rings. The summed E-state index contributed by atoms with van der Waals surface area (Å²) < 4.78 is 25.8. The molecule has 0 spiro atoms. The van der Waals surface area contributed by atoms with Gasteiger partial charge in [0.05, 0.1) is 12.1 Å². The van der Waals surface area contributed by atoms with Gasteiger partial charge < -0.3 is 5.73 Å². The van der Waals surface area contributed by atoms with E-state index < -0.39 is 15.9 Å². The van der Waals surface area contributed by atoms with Crippen LogP contribution in [0.25, 0.3) is 0 Å². The molecule has 0 saturated carbocycles. The molecular weight excluding hydrogens is 308 g/mol. The molecule has 2 heterocycles. The summed E-state index contributed by atoms with van der Waals surface area (Å²) in [5, 5.41) is 0. The van der Waals surface area contributed by atoms with Crippen molar-refractivity contribution in [1.29, 1.82) is 0 Å². The number of nitrogen functional groups attached to an aromatic ring is 1. The minimum absolute atomic E-state index is 0.0361. The molecule has 110 valence electrons. The summed E-state index contributed by atoms with van der Waals surface area (Å²) in [4.78, 5) is 14.4. The lowest BCUT2D eigenvalue weighted by molar-refractivity contribution is 0.0866. The van der Waals surface area contributed by atoms with Gasteiger partial charge in [0.1, 0.15) is 4.90 Å². The maximum atomic E-state index is 12.5. The fourth-order valence-corrected chi connectivity index (χ4v) is 4.85. The quantitative estimate of drug-likeness (QED) is 0.879. The van der Waals surface area contributed by atoms with Gasteiger partial charge in [-0.15, -0.1) is 11.3 Å². The van der Waals surface area contributed by atoms with Gasteiger partial charge in [-0.1, -0.05) is 6.92 Å². The van der Waals surface area contributed by atoms with Crippen LogP contribution in [0.5, 0.6) is 0 Å². The predicted molar refractivity (Wildman–Crippen MR) is 81.6 cm³/mol. The zero-order valence-corrected chi connectivity index (χ0v) is 13.0. The van der Waals surface area contributed by atoms with Crippen molar-refractivity contribution < 1.29 is 13.2 Å². The lowest BCUT2D eigenvalue weighted by Crippen LogP contribution is -2.29. The van der Waals surface area contributed by atoms with E-state index in [9.17, 15) is 13.2 Å². The van der Waals surface area contributed by atoms with Gasteiger partial charge >= 0.3 is 0 Å². The molecule has 2 aromatic rings. The predicted octanol–water partition coefficient (Wildman–Crippen LogP) is 2.24. The number of amides is 1. The Morgan fingerprint density at radius 3 is 2.57 bits per heavy atom. The van der Waals surface area contributed by atoms with Gasteiger partial charge in [-0.2, -0.15) is 0 Å². The number of nitrogens with two attached hydrogens (primary N) is 1. The van der Waals surface area contributed by atoms with Crippen molar-refractivity contribution in [3.05, 3.63) is 45.6 Å². The number of thiophene rings is 1. The first-order chi connectivity index (χ1) is 9.93. The molecule has 0 aliphatic carbocycles. The number of rotatable bonds is 3. The summed E-state index contributed by atoms with van der Waals surface area (Å²) in [7, 11) is -3.77. The van der Waals surface area contributed by atoms with E-state index in [-0.39, 0.29) is 17.0 Å². The van der Waals surface area contributed by atoms with Gasteiger partial charge in [0.2, 0.25) is 0 Å². The smallest absolute Gasteiger partial charge is 0.269 e. The molecule has 3 rings (SSSR count). The Hall–Kier alpha value is -1.86. The number of hydrogen-bond acceptors (Lipinski definition) is 5. The van der Waals surface area contributed by atoms with E-state index in [0.717, 1.165) is 20.5 Å². The minimum atomic E-state index is -3.77. The second-order valence-corrected chi connectivity index (χ2v) is 7.88. The average molecular weight is 322 g/mol. The molecule has 0 bridgehead atoms. The summed E-state index contributed by atoms with van der Waals surface area (Å²) in [5.74, 6) is -0.510. The van der Waals surface area contributed by atoms with Gasteiger partial charge in [-0.3, -0.25) is 4.79 Å². The normalized spacial score (nSPS) is 16.2. The fourth-order valence-electron chi connectivity index (χ4n) is 2.30. The lowest BCUT2D eigenvalue weighted by atomic mass is 10.2. The third-order valence-corrected chi connectivity index (χ3v) is 6.40. The van der Waals surface area contributed by atoms with Gasteiger partial charge in [-0.25, -0.2) is 12.7 Å². The van der Waals surface area contributed by atoms with Crippen molar-refractivity contribution in [2.24, 2.45) is 0 Å². The summed E-state index contributed by atoms with van der Waals surface area (Å²) in [6, 6.07) is 8.13.